The summed E-state index contributed by atoms with van der Waals surface area (Å²) in [5.41, 5.74) is 2.13. The van der Waals surface area contributed by atoms with E-state index in [1.165, 1.54) is 11.6 Å². The van der Waals surface area contributed by atoms with Crippen LogP contribution in [0.3, 0.4) is 0 Å². The van der Waals surface area contributed by atoms with Crippen LogP contribution in [-0.4, -0.2) is 40.3 Å². The van der Waals surface area contributed by atoms with Gasteiger partial charge in [0.05, 0.1) is 24.5 Å². The summed E-state index contributed by atoms with van der Waals surface area (Å²) in [6.45, 7) is 13.3. The molecule has 0 saturated heterocycles. The van der Waals surface area contributed by atoms with Crippen LogP contribution >= 0.6 is 0 Å². The summed E-state index contributed by atoms with van der Waals surface area (Å²) in [7, 11) is 0. The zero-order valence-electron chi connectivity index (χ0n) is 16.3. The van der Waals surface area contributed by atoms with Crippen LogP contribution in [0.4, 0.5) is 0 Å². The second-order valence-corrected chi connectivity index (χ2v) is 8.28. The second-order valence-electron chi connectivity index (χ2n) is 8.28. The Hall–Kier alpha value is -1.72. The van der Waals surface area contributed by atoms with Gasteiger partial charge < -0.3 is 14.9 Å². The van der Waals surface area contributed by atoms with Crippen LogP contribution in [-0.2, 0) is 14.3 Å². The molecule has 2 rings (SSSR count). The van der Waals surface area contributed by atoms with E-state index in [1.54, 1.807) is 6.92 Å². The Morgan fingerprint density at radius 3 is 2.54 bits per heavy atom. The number of ketones is 1. The molecule has 1 unspecified atom stereocenters. The summed E-state index contributed by atoms with van der Waals surface area (Å²) < 4.78 is 5.65. The Morgan fingerprint density at radius 2 is 2.00 bits per heavy atom. The molecule has 0 aliphatic heterocycles. The van der Waals surface area contributed by atoms with Gasteiger partial charge in [-0.3, -0.25) is 9.59 Å². The number of hydrogen-bond donors (Lipinski definition) is 2. The van der Waals surface area contributed by atoms with Crippen LogP contribution in [0.2, 0.25) is 0 Å². The fourth-order valence-corrected chi connectivity index (χ4v) is 3.76. The number of rotatable bonds is 7. The zero-order valence-corrected chi connectivity index (χ0v) is 16.3. The molecule has 0 amide bonds. The lowest BCUT2D eigenvalue weighted by molar-refractivity contribution is -0.150. The maximum Gasteiger partial charge on any atom is 0.310 e. The molecular weight excluding hydrogens is 332 g/mol. The van der Waals surface area contributed by atoms with Crippen molar-refractivity contribution in [3.8, 4) is 0 Å². The zero-order chi connectivity index (χ0) is 19.8. The van der Waals surface area contributed by atoms with Gasteiger partial charge in [0.15, 0.2) is 5.78 Å². The molecular formula is C21H30O5. The van der Waals surface area contributed by atoms with E-state index in [9.17, 15) is 19.8 Å². The van der Waals surface area contributed by atoms with E-state index in [0.29, 0.717) is 11.1 Å². The molecule has 0 aromatic carbocycles. The van der Waals surface area contributed by atoms with Crippen LogP contribution in [0, 0.1) is 17.3 Å². The molecule has 1 fully saturated rings. The third-order valence-corrected chi connectivity index (χ3v) is 5.65. The summed E-state index contributed by atoms with van der Waals surface area (Å²) in [6, 6.07) is 0. The third kappa shape index (κ3) is 3.99. The van der Waals surface area contributed by atoms with Gasteiger partial charge in [0.25, 0.3) is 0 Å². The molecule has 0 aromatic rings. The lowest BCUT2D eigenvalue weighted by atomic mass is 10.0. The van der Waals surface area contributed by atoms with Gasteiger partial charge in [0, 0.05) is 12.0 Å². The lowest BCUT2D eigenvalue weighted by Crippen LogP contribution is -2.25. The van der Waals surface area contributed by atoms with Crippen molar-refractivity contribution in [2.24, 2.45) is 17.3 Å². The number of esters is 1. The molecule has 5 nitrogen and oxygen atoms in total. The number of ether oxygens (including phenoxy) is 1. The number of aliphatic hydroxyl groups excluding tert-OH is 2. The van der Waals surface area contributed by atoms with E-state index in [4.69, 9.17) is 4.74 Å². The summed E-state index contributed by atoms with van der Waals surface area (Å²) in [4.78, 5) is 24.9. The van der Waals surface area contributed by atoms with E-state index in [-0.39, 0.29) is 41.8 Å². The largest absolute Gasteiger partial charge is 0.457 e. The van der Waals surface area contributed by atoms with Crippen molar-refractivity contribution < 1.29 is 24.5 Å². The maximum absolute atomic E-state index is 12.6. The number of hydrogen-bond acceptors (Lipinski definition) is 5. The van der Waals surface area contributed by atoms with Crippen molar-refractivity contribution in [3.63, 3.8) is 0 Å². The second kappa shape index (κ2) is 7.49. The van der Waals surface area contributed by atoms with E-state index in [2.05, 4.69) is 12.7 Å². The minimum Gasteiger partial charge on any atom is -0.457 e. The smallest absolute Gasteiger partial charge is 0.310 e. The molecule has 0 aromatic heterocycles. The standard InChI is InChI=1S/C21H30O5/c1-7-15(22)17(24)9-13-12(4)18(10-16(13)23)26-20(25)19-14(8-11(2)3)21(19,5)6/h7-8,14-15,17-19,22,24H,1,9-10H2,2-6H3/t14-,15?,17-,18+,19+/m1/s1. The van der Waals surface area contributed by atoms with E-state index < -0.39 is 18.3 Å². The van der Waals surface area contributed by atoms with Crippen molar-refractivity contribution in [3.05, 3.63) is 35.5 Å². The molecule has 26 heavy (non-hydrogen) atoms. The number of Topliss-reactive ketones (excluding diaryl/α,β-unsaturated/α-hetero) is 1. The molecule has 2 aliphatic rings. The van der Waals surface area contributed by atoms with E-state index >= 15 is 0 Å². The fourth-order valence-electron chi connectivity index (χ4n) is 3.76. The highest BCUT2D eigenvalue weighted by Crippen LogP contribution is 2.60. The minimum atomic E-state index is -1.10. The van der Waals surface area contributed by atoms with E-state index in [0.717, 1.165) is 0 Å². The van der Waals surface area contributed by atoms with Crippen molar-refractivity contribution >= 4 is 11.8 Å². The number of aliphatic hydroxyl groups is 2. The van der Waals surface area contributed by atoms with Gasteiger partial charge >= 0.3 is 5.97 Å². The Bertz CT molecular complexity index is 666. The average molecular weight is 362 g/mol. The molecule has 2 N–H and O–H groups in total. The SMILES string of the molecule is C=CC(O)[C@H](O)CC1=C(C)[C@@H](OC(=O)[C@@H]2[C@@H](C=C(C)C)C2(C)C)CC1=O. The Labute approximate surface area is 155 Å². The summed E-state index contributed by atoms with van der Waals surface area (Å²) in [6.07, 6.45) is 0.693. The molecule has 5 atom stereocenters. The van der Waals surface area contributed by atoms with Crippen LogP contribution in [0.25, 0.3) is 0 Å². The first-order valence-electron chi connectivity index (χ1n) is 9.07. The molecule has 144 valence electrons. The van der Waals surface area contributed by atoms with Crippen LogP contribution < -0.4 is 0 Å². The predicted octanol–water partition coefficient (Wildman–Crippen LogP) is 2.72. The first-order chi connectivity index (χ1) is 12.0. The van der Waals surface area contributed by atoms with Crippen molar-refractivity contribution in [1.29, 1.82) is 0 Å². The highest BCUT2D eigenvalue weighted by Gasteiger charge is 2.61. The van der Waals surface area contributed by atoms with Gasteiger partial charge in [-0.2, -0.15) is 0 Å². The third-order valence-electron chi connectivity index (χ3n) is 5.65. The summed E-state index contributed by atoms with van der Waals surface area (Å²) >= 11 is 0. The molecule has 0 spiro atoms. The van der Waals surface area contributed by atoms with Gasteiger partial charge in [-0.25, -0.2) is 0 Å². The summed E-state index contributed by atoms with van der Waals surface area (Å²) in [5.74, 6) is -0.461. The Kier molecular flexibility index (Phi) is 5.93. The van der Waals surface area contributed by atoms with E-state index in [1.807, 2.05) is 27.7 Å². The highest BCUT2D eigenvalue weighted by molar-refractivity contribution is 6.00. The van der Waals surface area contributed by atoms with Crippen molar-refractivity contribution in [2.45, 2.75) is 65.8 Å². The monoisotopic (exact) mass is 362 g/mol. The first-order valence-corrected chi connectivity index (χ1v) is 9.07. The van der Waals surface area contributed by atoms with Gasteiger partial charge in [-0.15, -0.1) is 6.58 Å². The predicted molar refractivity (Wildman–Crippen MR) is 99.2 cm³/mol. The molecule has 5 heteroatoms. The Morgan fingerprint density at radius 1 is 1.38 bits per heavy atom. The normalized spacial score (nSPS) is 29.2. The highest BCUT2D eigenvalue weighted by atomic mass is 16.5. The minimum absolute atomic E-state index is 0.0290. The molecule has 1 saturated carbocycles. The number of allylic oxidation sites excluding steroid dienone is 2. The van der Waals surface area contributed by atoms with Gasteiger partial charge in [0.1, 0.15) is 6.10 Å². The number of carbonyl (C=O) groups is 2. The maximum atomic E-state index is 12.6. The summed E-state index contributed by atoms with van der Waals surface area (Å²) in [5, 5.41) is 19.6. The first kappa shape index (κ1) is 20.6. The van der Waals surface area contributed by atoms with Crippen molar-refractivity contribution in [2.75, 3.05) is 0 Å². The topological polar surface area (TPSA) is 83.8 Å². The lowest BCUT2D eigenvalue weighted by Gasteiger charge is -2.16. The van der Waals surface area contributed by atoms with Gasteiger partial charge in [-0.1, -0.05) is 31.6 Å². The number of carbonyl (C=O) groups excluding carboxylic acids is 2. The van der Waals surface area contributed by atoms with Gasteiger partial charge in [0.2, 0.25) is 0 Å². The van der Waals surface area contributed by atoms with Crippen LogP contribution in [0.1, 0.15) is 47.5 Å². The molecule has 0 heterocycles. The Balaban J connectivity index is 2.06. The molecule has 2 aliphatic carbocycles. The van der Waals surface area contributed by atoms with Crippen LogP contribution in [0.5, 0.6) is 0 Å². The molecule has 0 radical (unpaired) electrons. The van der Waals surface area contributed by atoms with Crippen LogP contribution in [0.15, 0.2) is 35.5 Å². The quantitative estimate of drug-likeness (QED) is 0.537. The fraction of sp³-hybridized carbons (Fsp3) is 0.619. The average Bonchev–Trinajstić information content (AvgIpc) is 2.98. The molecule has 0 bridgehead atoms. The van der Waals surface area contributed by atoms with Gasteiger partial charge in [-0.05, 0) is 37.7 Å². The van der Waals surface area contributed by atoms with Crippen molar-refractivity contribution in [1.82, 2.24) is 0 Å².